The molecule has 19 heavy (non-hydrogen) atoms. The molecule has 4 heteroatoms. The molecule has 0 amide bonds. The second-order valence-electron chi connectivity index (χ2n) is 5.15. The molecule has 2 rings (SSSR count). The van der Waals surface area contributed by atoms with Crippen LogP contribution >= 0.6 is 11.6 Å². The summed E-state index contributed by atoms with van der Waals surface area (Å²) < 4.78 is 0. The van der Waals surface area contributed by atoms with Crippen molar-refractivity contribution in [3.8, 4) is 0 Å². The molecule has 0 aliphatic heterocycles. The molecule has 0 radical (unpaired) electrons. The van der Waals surface area contributed by atoms with Gasteiger partial charge in [0.05, 0.1) is 5.52 Å². The van der Waals surface area contributed by atoms with Crippen molar-refractivity contribution in [2.45, 2.75) is 19.5 Å². The molecule has 1 heterocycles. The third-order valence-corrected chi connectivity index (χ3v) is 3.41. The molecular weight excluding hydrogens is 258 g/mol. The van der Waals surface area contributed by atoms with Gasteiger partial charge in [0.25, 0.3) is 0 Å². The maximum Gasteiger partial charge on any atom is 0.0761 e. The van der Waals surface area contributed by atoms with Gasteiger partial charge in [-0.05, 0) is 44.8 Å². The third-order valence-electron chi connectivity index (χ3n) is 3.08. The van der Waals surface area contributed by atoms with Gasteiger partial charge in [0.15, 0.2) is 0 Å². The largest absolute Gasteiger partial charge is 0.309 e. The maximum atomic E-state index is 6.19. The molecule has 2 aromatic rings. The fourth-order valence-electron chi connectivity index (χ4n) is 2.24. The van der Waals surface area contributed by atoms with Gasteiger partial charge in [-0.25, -0.2) is 0 Å². The van der Waals surface area contributed by atoms with Crippen molar-refractivity contribution in [3.05, 3.63) is 41.0 Å². The Balaban J connectivity index is 2.15. The van der Waals surface area contributed by atoms with Crippen LogP contribution in [0.5, 0.6) is 0 Å². The normalized spacial score (nSPS) is 13.1. The molecule has 1 aromatic heterocycles. The molecule has 0 saturated heterocycles. The number of halogens is 1. The highest BCUT2D eigenvalue weighted by atomic mass is 35.5. The van der Waals surface area contributed by atoms with Crippen LogP contribution in [-0.4, -0.2) is 36.6 Å². The molecule has 1 N–H and O–H groups in total. The Morgan fingerprint density at radius 2 is 2.11 bits per heavy atom. The third kappa shape index (κ3) is 3.66. The van der Waals surface area contributed by atoms with Gasteiger partial charge in [-0.1, -0.05) is 17.7 Å². The minimum Gasteiger partial charge on any atom is -0.309 e. The zero-order valence-corrected chi connectivity index (χ0v) is 12.4. The number of benzene rings is 1. The van der Waals surface area contributed by atoms with E-state index in [0.717, 1.165) is 29.0 Å². The van der Waals surface area contributed by atoms with E-state index in [2.05, 4.69) is 36.2 Å². The molecule has 0 spiro atoms. The predicted molar refractivity (Wildman–Crippen MR) is 81.6 cm³/mol. The quantitative estimate of drug-likeness (QED) is 0.911. The predicted octanol–water partition coefficient (Wildman–Crippen LogP) is 2.93. The van der Waals surface area contributed by atoms with Crippen LogP contribution in [0, 0.1) is 0 Å². The molecule has 3 nitrogen and oxygen atoms in total. The van der Waals surface area contributed by atoms with Gasteiger partial charge in [-0.3, -0.25) is 4.98 Å². The van der Waals surface area contributed by atoms with Gasteiger partial charge in [-0.15, -0.1) is 0 Å². The van der Waals surface area contributed by atoms with Crippen molar-refractivity contribution < 1.29 is 0 Å². The van der Waals surface area contributed by atoms with E-state index in [-0.39, 0.29) is 0 Å². The van der Waals surface area contributed by atoms with Crippen molar-refractivity contribution in [1.29, 1.82) is 0 Å². The van der Waals surface area contributed by atoms with Crippen LogP contribution in [0.25, 0.3) is 10.9 Å². The highest BCUT2D eigenvalue weighted by Gasteiger charge is 2.07. The number of nitrogens with one attached hydrogen (secondary N) is 1. The highest BCUT2D eigenvalue weighted by molar-refractivity contribution is 6.35. The van der Waals surface area contributed by atoms with Crippen molar-refractivity contribution in [1.82, 2.24) is 15.2 Å². The fourth-order valence-corrected chi connectivity index (χ4v) is 2.45. The van der Waals surface area contributed by atoms with E-state index < -0.39 is 0 Å². The molecule has 0 fully saturated rings. The number of rotatable bonds is 5. The molecule has 0 aliphatic rings. The van der Waals surface area contributed by atoms with Gasteiger partial charge in [0.1, 0.15) is 0 Å². The number of hydrogen-bond acceptors (Lipinski definition) is 3. The van der Waals surface area contributed by atoms with Crippen LogP contribution in [0.15, 0.2) is 30.5 Å². The summed E-state index contributed by atoms with van der Waals surface area (Å²) in [6.07, 6.45) is 1.81. The molecule has 0 bridgehead atoms. The minimum absolute atomic E-state index is 0.435. The molecule has 102 valence electrons. The van der Waals surface area contributed by atoms with E-state index >= 15 is 0 Å². The summed E-state index contributed by atoms with van der Waals surface area (Å²) in [5, 5.41) is 5.29. The number of pyridine rings is 1. The first kappa shape index (κ1) is 14.3. The summed E-state index contributed by atoms with van der Waals surface area (Å²) in [5.41, 5.74) is 2.17. The SMILES string of the molecule is CC(CN(C)C)NCc1ccc(Cl)c2cccnc12. The molecule has 0 aliphatic carbocycles. The topological polar surface area (TPSA) is 28.2 Å². The van der Waals surface area contributed by atoms with Crippen molar-refractivity contribution in [2.24, 2.45) is 0 Å². The second-order valence-corrected chi connectivity index (χ2v) is 5.56. The van der Waals surface area contributed by atoms with Crippen LogP contribution in [0.4, 0.5) is 0 Å². The lowest BCUT2D eigenvalue weighted by atomic mass is 10.1. The van der Waals surface area contributed by atoms with Gasteiger partial charge >= 0.3 is 0 Å². The molecular formula is C15H20ClN3. The molecule has 1 aromatic carbocycles. The first-order valence-corrected chi connectivity index (χ1v) is 6.86. The zero-order valence-electron chi connectivity index (χ0n) is 11.7. The summed E-state index contributed by atoms with van der Waals surface area (Å²) >= 11 is 6.19. The maximum absolute atomic E-state index is 6.19. The van der Waals surface area contributed by atoms with Crippen molar-refractivity contribution in [3.63, 3.8) is 0 Å². The number of aromatic nitrogens is 1. The molecule has 1 unspecified atom stereocenters. The highest BCUT2D eigenvalue weighted by Crippen LogP contribution is 2.24. The summed E-state index contributed by atoms with van der Waals surface area (Å²) in [6, 6.07) is 8.36. The van der Waals surface area contributed by atoms with Gasteiger partial charge in [-0.2, -0.15) is 0 Å². The average molecular weight is 278 g/mol. The standard InChI is InChI=1S/C15H20ClN3/c1-11(10-19(2)3)18-9-12-6-7-14(16)13-5-4-8-17-15(12)13/h4-8,11,18H,9-10H2,1-3H3. The lowest BCUT2D eigenvalue weighted by Crippen LogP contribution is -2.35. The van der Waals surface area contributed by atoms with E-state index in [1.165, 1.54) is 5.56 Å². The number of hydrogen-bond donors (Lipinski definition) is 1. The lowest BCUT2D eigenvalue weighted by Gasteiger charge is -2.18. The van der Waals surface area contributed by atoms with E-state index in [9.17, 15) is 0 Å². The first-order valence-electron chi connectivity index (χ1n) is 6.48. The Labute approximate surface area is 119 Å². The molecule has 1 atom stereocenters. The van der Waals surface area contributed by atoms with Crippen LogP contribution in [-0.2, 0) is 6.54 Å². The number of likely N-dealkylation sites (N-methyl/N-ethyl adjacent to an activating group) is 1. The van der Waals surface area contributed by atoms with E-state index in [0.29, 0.717) is 6.04 Å². The van der Waals surface area contributed by atoms with Crippen molar-refractivity contribution >= 4 is 22.5 Å². The Morgan fingerprint density at radius 3 is 2.84 bits per heavy atom. The van der Waals surface area contributed by atoms with Crippen LogP contribution < -0.4 is 5.32 Å². The van der Waals surface area contributed by atoms with Gasteiger partial charge in [0.2, 0.25) is 0 Å². The average Bonchev–Trinajstić information content (AvgIpc) is 2.37. The summed E-state index contributed by atoms with van der Waals surface area (Å²) in [7, 11) is 4.16. The van der Waals surface area contributed by atoms with E-state index in [1.54, 1.807) is 0 Å². The zero-order chi connectivity index (χ0) is 13.8. The van der Waals surface area contributed by atoms with Crippen LogP contribution in [0.1, 0.15) is 12.5 Å². The Hall–Kier alpha value is -1.16. The second kappa shape index (κ2) is 6.33. The fraction of sp³-hybridized carbons (Fsp3) is 0.400. The van der Waals surface area contributed by atoms with Gasteiger partial charge in [0, 0.05) is 35.7 Å². The van der Waals surface area contributed by atoms with Crippen LogP contribution in [0.2, 0.25) is 5.02 Å². The minimum atomic E-state index is 0.435. The Bertz CT molecular complexity index is 554. The first-order chi connectivity index (χ1) is 9.08. The van der Waals surface area contributed by atoms with Crippen LogP contribution in [0.3, 0.4) is 0 Å². The Morgan fingerprint density at radius 1 is 1.32 bits per heavy atom. The van der Waals surface area contributed by atoms with Gasteiger partial charge < -0.3 is 10.2 Å². The monoisotopic (exact) mass is 277 g/mol. The number of nitrogens with zero attached hydrogens (tertiary/aromatic N) is 2. The summed E-state index contributed by atoms with van der Waals surface area (Å²) in [5.74, 6) is 0. The Kier molecular flexibility index (Phi) is 4.75. The van der Waals surface area contributed by atoms with Crippen molar-refractivity contribution in [2.75, 3.05) is 20.6 Å². The number of fused-ring (bicyclic) bond motifs is 1. The van der Waals surface area contributed by atoms with E-state index in [4.69, 9.17) is 11.6 Å². The lowest BCUT2D eigenvalue weighted by molar-refractivity contribution is 0.349. The van der Waals surface area contributed by atoms with E-state index in [1.807, 2.05) is 30.5 Å². The summed E-state index contributed by atoms with van der Waals surface area (Å²) in [6.45, 7) is 4.00. The summed E-state index contributed by atoms with van der Waals surface area (Å²) in [4.78, 5) is 6.62. The molecule has 0 saturated carbocycles. The smallest absolute Gasteiger partial charge is 0.0761 e.